The molecule has 0 saturated carbocycles. The first-order valence-corrected chi connectivity index (χ1v) is 7.94. The van der Waals surface area contributed by atoms with Crippen molar-refractivity contribution in [3.05, 3.63) is 65.5 Å². The number of rotatable bonds is 4. The van der Waals surface area contributed by atoms with Gasteiger partial charge in [0.1, 0.15) is 18.0 Å². The van der Waals surface area contributed by atoms with Crippen LogP contribution in [0.15, 0.2) is 53.5 Å². The molecule has 2 aromatic carbocycles. The number of hydrogen-bond donors (Lipinski definition) is 2. The van der Waals surface area contributed by atoms with Gasteiger partial charge in [0.25, 0.3) is 6.02 Å². The number of benzene rings is 2. The smallest absolute Gasteiger partial charge is 0.407 e. The molecule has 0 spiro atoms. The van der Waals surface area contributed by atoms with Crippen molar-refractivity contribution >= 4 is 11.7 Å². The van der Waals surface area contributed by atoms with E-state index in [9.17, 15) is 17.6 Å². The molecule has 1 heterocycles. The second kappa shape index (κ2) is 7.33. The molecular formula is C18H17F4N3O. The second-order valence-corrected chi connectivity index (χ2v) is 5.82. The summed E-state index contributed by atoms with van der Waals surface area (Å²) in [4.78, 5) is 4.21. The molecule has 2 N–H and O–H groups in total. The number of amidine groups is 1. The van der Waals surface area contributed by atoms with Crippen LogP contribution in [0.3, 0.4) is 0 Å². The Bertz CT molecular complexity index is 790. The van der Waals surface area contributed by atoms with Crippen LogP contribution in [0.25, 0.3) is 0 Å². The standard InChI is InChI=1S/C18H17F4N3O/c1-23-16(18(20,21)22)12-4-2-3-11(9-12)15-10-24-17(26-15)25-14-7-5-13(19)6-8-14/h2-9,15-16,23H,10H2,1H3,(H,24,25). The Morgan fingerprint density at radius 1 is 1.15 bits per heavy atom. The molecule has 0 aliphatic carbocycles. The minimum atomic E-state index is -4.39. The number of alkyl halides is 3. The lowest BCUT2D eigenvalue weighted by Crippen LogP contribution is -2.31. The van der Waals surface area contributed by atoms with Gasteiger partial charge in [-0.3, -0.25) is 0 Å². The van der Waals surface area contributed by atoms with E-state index in [-0.39, 0.29) is 23.9 Å². The summed E-state index contributed by atoms with van der Waals surface area (Å²) < 4.78 is 57.9. The molecule has 2 aromatic rings. The molecule has 8 heteroatoms. The van der Waals surface area contributed by atoms with Crippen molar-refractivity contribution in [2.45, 2.75) is 18.3 Å². The van der Waals surface area contributed by atoms with Gasteiger partial charge in [0.15, 0.2) is 0 Å². The average Bonchev–Trinajstić information content (AvgIpc) is 3.05. The fraction of sp³-hybridized carbons (Fsp3) is 0.278. The largest absolute Gasteiger partial charge is 0.455 e. The molecule has 0 aromatic heterocycles. The number of aliphatic imine (C=N–C) groups is 1. The van der Waals surface area contributed by atoms with Gasteiger partial charge in [-0.1, -0.05) is 24.3 Å². The van der Waals surface area contributed by atoms with E-state index in [4.69, 9.17) is 4.74 Å². The third-order valence-corrected chi connectivity index (χ3v) is 3.98. The van der Waals surface area contributed by atoms with Crippen LogP contribution >= 0.6 is 0 Å². The van der Waals surface area contributed by atoms with Crippen LogP contribution in [0.1, 0.15) is 23.3 Å². The highest BCUT2D eigenvalue weighted by Gasteiger charge is 2.40. The van der Waals surface area contributed by atoms with Crippen molar-refractivity contribution in [1.29, 1.82) is 0 Å². The molecule has 4 nitrogen and oxygen atoms in total. The Kier molecular flexibility index (Phi) is 5.13. The number of hydrogen-bond acceptors (Lipinski definition) is 4. The highest BCUT2D eigenvalue weighted by atomic mass is 19.4. The molecule has 0 radical (unpaired) electrons. The van der Waals surface area contributed by atoms with Crippen LogP contribution in [-0.4, -0.2) is 25.8 Å². The summed E-state index contributed by atoms with van der Waals surface area (Å²) in [6.07, 6.45) is -4.88. The van der Waals surface area contributed by atoms with Crippen LogP contribution in [0.4, 0.5) is 23.2 Å². The third-order valence-electron chi connectivity index (χ3n) is 3.98. The van der Waals surface area contributed by atoms with Gasteiger partial charge in [0.05, 0.1) is 6.54 Å². The van der Waals surface area contributed by atoms with Crippen LogP contribution in [0, 0.1) is 5.82 Å². The summed E-state index contributed by atoms with van der Waals surface area (Å²) in [5.74, 6) is -0.358. The molecule has 138 valence electrons. The number of nitrogens with one attached hydrogen (secondary N) is 2. The van der Waals surface area contributed by atoms with E-state index in [0.717, 1.165) is 0 Å². The van der Waals surface area contributed by atoms with E-state index in [1.807, 2.05) is 0 Å². The van der Waals surface area contributed by atoms with Gasteiger partial charge in [-0.05, 0) is 42.4 Å². The topological polar surface area (TPSA) is 45.7 Å². The summed E-state index contributed by atoms with van der Waals surface area (Å²) >= 11 is 0. The lowest BCUT2D eigenvalue weighted by atomic mass is 10.0. The lowest BCUT2D eigenvalue weighted by Gasteiger charge is -2.21. The summed E-state index contributed by atoms with van der Waals surface area (Å²) in [7, 11) is 1.27. The summed E-state index contributed by atoms with van der Waals surface area (Å²) in [6.45, 7) is 0.281. The average molecular weight is 367 g/mol. The van der Waals surface area contributed by atoms with Crippen LogP contribution < -0.4 is 10.6 Å². The van der Waals surface area contributed by atoms with Crippen molar-refractivity contribution in [3.8, 4) is 0 Å². The quantitative estimate of drug-likeness (QED) is 0.797. The Hall–Kier alpha value is -2.61. The van der Waals surface area contributed by atoms with E-state index in [2.05, 4.69) is 15.6 Å². The minimum Gasteiger partial charge on any atom is -0.455 e. The Morgan fingerprint density at radius 2 is 1.88 bits per heavy atom. The van der Waals surface area contributed by atoms with Crippen molar-refractivity contribution in [2.24, 2.45) is 4.99 Å². The van der Waals surface area contributed by atoms with Gasteiger partial charge in [-0.25, -0.2) is 9.38 Å². The third kappa shape index (κ3) is 4.13. The number of nitrogens with zero attached hydrogens (tertiary/aromatic N) is 1. The Morgan fingerprint density at radius 3 is 2.54 bits per heavy atom. The number of anilines is 1. The summed E-state index contributed by atoms with van der Waals surface area (Å²) in [5.41, 5.74) is 1.32. The Balaban J connectivity index is 1.70. The summed E-state index contributed by atoms with van der Waals surface area (Å²) in [6, 6.07) is 10.3. The first-order valence-electron chi connectivity index (χ1n) is 7.94. The van der Waals surface area contributed by atoms with Gasteiger partial charge in [-0.15, -0.1) is 0 Å². The molecule has 2 unspecified atom stereocenters. The molecule has 3 rings (SSSR count). The van der Waals surface area contributed by atoms with Gasteiger partial charge < -0.3 is 15.4 Å². The van der Waals surface area contributed by atoms with Gasteiger partial charge >= 0.3 is 6.18 Å². The minimum absolute atomic E-state index is 0.112. The Labute approximate surface area is 147 Å². The summed E-state index contributed by atoms with van der Waals surface area (Å²) in [5, 5.41) is 5.19. The first kappa shape index (κ1) is 18.2. The molecule has 0 fully saturated rings. The molecule has 26 heavy (non-hydrogen) atoms. The van der Waals surface area contributed by atoms with E-state index in [1.54, 1.807) is 12.1 Å². The van der Waals surface area contributed by atoms with Gasteiger partial charge in [0.2, 0.25) is 0 Å². The SMILES string of the molecule is CNC(c1cccc(C2CN=C(Nc3ccc(F)cc3)O2)c1)C(F)(F)F. The monoisotopic (exact) mass is 367 g/mol. The maximum Gasteiger partial charge on any atom is 0.407 e. The lowest BCUT2D eigenvalue weighted by molar-refractivity contribution is -0.156. The molecule has 2 atom stereocenters. The van der Waals surface area contributed by atoms with Crippen molar-refractivity contribution in [2.75, 3.05) is 18.9 Å². The zero-order valence-corrected chi connectivity index (χ0v) is 13.8. The number of halogens is 4. The first-order chi connectivity index (χ1) is 12.4. The van der Waals surface area contributed by atoms with Crippen molar-refractivity contribution in [1.82, 2.24) is 5.32 Å². The van der Waals surface area contributed by atoms with Gasteiger partial charge in [0, 0.05) is 5.69 Å². The van der Waals surface area contributed by atoms with E-state index >= 15 is 0 Å². The van der Waals surface area contributed by atoms with Crippen LogP contribution in [0.2, 0.25) is 0 Å². The maximum absolute atomic E-state index is 13.1. The number of ether oxygens (including phenoxy) is 1. The second-order valence-electron chi connectivity index (χ2n) is 5.82. The molecule has 0 saturated heterocycles. The highest BCUT2D eigenvalue weighted by Crippen LogP contribution is 2.34. The fourth-order valence-electron chi connectivity index (χ4n) is 2.73. The maximum atomic E-state index is 13.1. The van der Waals surface area contributed by atoms with E-state index in [1.165, 1.54) is 43.4 Å². The molecule has 0 amide bonds. The van der Waals surface area contributed by atoms with Crippen LogP contribution in [0.5, 0.6) is 0 Å². The highest BCUT2D eigenvalue weighted by molar-refractivity contribution is 5.90. The fourth-order valence-corrected chi connectivity index (χ4v) is 2.73. The predicted octanol–water partition coefficient (Wildman–Crippen LogP) is 4.19. The normalized spacial score (nSPS) is 18.2. The van der Waals surface area contributed by atoms with Gasteiger partial charge in [-0.2, -0.15) is 13.2 Å². The molecular weight excluding hydrogens is 350 g/mol. The van der Waals surface area contributed by atoms with E-state index in [0.29, 0.717) is 11.3 Å². The van der Waals surface area contributed by atoms with E-state index < -0.39 is 18.3 Å². The predicted molar refractivity (Wildman–Crippen MR) is 90.4 cm³/mol. The molecule has 1 aliphatic rings. The zero-order chi connectivity index (χ0) is 18.7. The zero-order valence-electron chi connectivity index (χ0n) is 13.8. The molecule has 0 bridgehead atoms. The van der Waals surface area contributed by atoms with Crippen molar-refractivity contribution < 1.29 is 22.3 Å². The van der Waals surface area contributed by atoms with Crippen molar-refractivity contribution in [3.63, 3.8) is 0 Å². The molecule has 1 aliphatic heterocycles. The van der Waals surface area contributed by atoms with Crippen LogP contribution in [-0.2, 0) is 4.74 Å².